The standard InChI is InChI=1S/C19H21N3O3.C2HF3O2/c1-13(19(23)24)16-12-22-17-11-14(6-7-15(16)17)25-10-4-9-21-18-5-2-3-8-20-18;3-2(4,5)1(6)7/h2-3,5-8,11-13,22H,4,9-10H2,1H3,(H,20,21)(H,23,24);(H,6,7). The molecule has 4 N–H and O–H groups in total. The van der Waals surface area contributed by atoms with E-state index in [4.69, 9.17) is 19.7 Å². The van der Waals surface area contributed by atoms with Crippen LogP contribution in [0.3, 0.4) is 0 Å². The van der Waals surface area contributed by atoms with E-state index < -0.39 is 24.0 Å². The Labute approximate surface area is 181 Å². The average Bonchev–Trinajstić information content (AvgIpc) is 3.16. The fraction of sp³-hybridized carbons (Fsp3) is 0.286. The summed E-state index contributed by atoms with van der Waals surface area (Å²) in [6.45, 7) is 3.05. The van der Waals surface area contributed by atoms with Gasteiger partial charge in [-0.05, 0) is 43.2 Å². The third-order valence-electron chi connectivity index (χ3n) is 4.33. The molecule has 0 aliphatic rings. The third kappa shape index (κ3) is 7.18. The van der Waals surface area contributed by atoms with E-state index in [-0.39, 0.29) is 0 Å². The van der Waals surface area contributed by atoms with Crippen molar-refractivity contribution in [2.45, 2.75) is 25.4 Å². The number of ether oxygens (including phenoxy) is 1. The van der Waals surface area contributed by atoms with Crippen LogP contribution < -0.4 is 10.1 Å². The van der Waals surface area contributed by atoms with Gasteiger partial charge in [-0.2, -0.15) is 13.2 Å². The van der Waals surface area contributed by atoms with Gasteiger partial charge >= 0.3 is 18.1 Å². The van der Waals surface area contributed by atoms with Crippen LogP contribution in [-0.2, 0) is 9.59 Å². The number of nitrogens with one attached hydrogen (secondary N) is 2. The van der Waals surface area contributed by atoms with Crippen LogP contribution in [0.2, 0.25) is 0 Å². The minimum absolute atomic E-state index is 0.543. The van der Waals surface area contributed by atoms with Gasteiger partial charge in [0.15, 0.2) is 0 Å². The maximum atomic E-state index is 11.2. The van der Waals surface area contributed by atoms with Crippen molar-refractivity contribution in [3.63, 3.8) is 0 Å². The molecule has 0 spiro atoms. The molecule has 3 rings (SSSR count). The van der Waals surface area contributed by atoms with Crippen molar-refractivity contribution in [2.24, 2.45) is 0 Å². The van der Waals surface area contributed by atoms with Crippen LogP contribution in [0.15, 0.2) is 48.8 Å². The van der Waals surface area contributed by atoms with Crippen molar-refractivity contribution in [1.82, 2.24) is 9.97 Å². The van der Waals surface area contributed by atoms with Crippen molar-refractivity contribution in [3.05, 3.63) is 54.4 Å². The largest absolute Gasteiger partial charge is 0.493 e. The Morgan fingerprint density at radius 3 is 2.53 bits per heavy atom. The number of carboxylic acid groups (broad SMARTS) is 2. The first-order valence-electron chi connectivity index (χ1n) is 9.51. The zero-order valence-corrected chi connectivity index (χ0v) is 17.0. The SMILES string of the molecule is CC(C(=O)O)c1c[nH]c2cc(OCCCNc3ccccn3)ccc12.O=C(O)C(F)(F)F. The summed E-state index contributed by atoms with van der Waals surface area (Å²) in [7, 11) is 0. The molecule has 32 heavy (non-hydrogen) atoms. The molecular formula is C21H22F3N3O5. The number of H-pyrrole nitrogens is 1. The first-order valence-corrected chi connectivity index (χ1v) is 9.51. The molecule has 3 aromatic rings. The number of alkyl halides is 3. The molecule has 1 unspecified atom stereocenters. The lowest BCUT2D eigenvalue weighted by Crippen LogP contribution is -2.21. The van der Waals surface area contributed by atoms with Crippen LogP contribution in [0.4, 0.5) is 19.0 Å². The summed E-state index contributed by atoms with van der Waals surface area (Å²) in [6, 6.07) is 11.4. The smallest absolute Gasteiger partial charge is 0.490 e. The number of aliphatic carboxylic acids is 2. The summed E-state index contributed by atoms with van der Waals surface area (Å²) in [5, 5.41) is 20.4. The molecule has 0 radical (unpaired) electrons. The van der Waals surface area contributed by atoms with Gasteiger partial charge in [0.2, 0.25) is 0 Å². The Balaban J connectivity index is 0.000000451. The minimum Gasteiger partial charge on any atom is -0.493 e. The second-order valence-corrected chi connectivity index (χ2v) is 6.66. The van der Waals surface area contributed by atoms with E-state index in [2.05, 4.69) is 15.3 Å². The van der Waals surface area contributed by atoms with E-state index in [9.17, 15) is 18.0 Å². The molecule has 0 saturated heterocycles. The van der Waals surface area contributed by atoms with E-state index in [0.717, 1.165) is 41.0 Å². The number of aromatic nitrogens is 2. The molecule has 0 fully saturated rings. The number of anilines is 1. The lowest BCUT2D eigenvalue weighted by atomic mass is 10.0. The maximum absolute atomic E-state index is 11.2. The number of aromatic amines is 1. The zero-order valence-electron chi connectivity index (χ0n) is 17.0. The summed E-state index contributed by atoms with van der Waals surface area (Å²) < 4.78 is 37.5. The molecule has 0 aliphatic carbocycles. The van der Waals surface area contributed by atoms with Crippen LogP contribution in [0.5, 0.6) is 5.75 Å². The second kappa shape index (κ2) is 11.0. The molecule has 8 nitrogen and oxygen atoms in total. The van der Waals surface area contributed by atoms with Gasteiger partial charge in [0.1, 0.15) is 11.6 Å². The lowest BCUT2D eigenvalue weighted by Gasteiger charge is -2.08. The van der Waals surface area contributed by atoms with E-state index in [1.54, 1.807) is 19.3 Å². The highest BCUT2D eigenvalue weighted by Gasteiger charge is 2.38. The molecule has 2 heterocycles. The first-order chi connectivity index (χ1) is 15.1. The monoisotopic (exact) mass is 453 g/mol. The summed E-state index contributed by atoms with van der Waals surface area (Å²) in [6.07, 6.45) is -0.728. The second-order valence-electron chi connectivity index (χ2n) is 6.66. The van der Waals surface area contributed by atoms with Gasteiger partial charge in [0.05, 0.1) is 12.5 Å². The number of rotatable bonds is 8. The Morgan fingerprint density at radius 1 is 1.22 bits per heavy atom. The highest BCUT2D eigenvalue weighted by atomic mass is 19.4. The molecular weight excluding hydrogens is 431 g/mol. The molecule has 0 bridgehead atoms. The van der Waals surface area contributed by atoms with Crippen LogP contribution >= 0.6 is 0 Å². The Kier molecular flexibility index (Phi) is 8.45. The third-order valence-corrected chi connectivity index (χ3v) is 4.33. The van der Waals surface area contributed by atoms with E-state index >= 15 is 0 Å². The summed E-state index contributed by atoms with van der Waals surface area (Å²) in [5.41, 5.74) is 1.67. The van der Waals surface area contributed by atoms with Crippen molar-refractivity contribution in [2.75, 3.05) is 18.5 Å². The summed E-state index contributed by atoms with van der Waals surface area (Å²) in [5.74, 6) is -2.51. The molecule has 1 aromatic carbocycles. The normalized spacial score (nSPS) is 11.9. The lowest BCUT2D eigenvalue weighted by molar-refractivity contribution is -0.192. The molecule has 0 amide bonds. The maximum Gasteiger partial charge on any atom is 0.490 e. The van der Waals surface area contributed by atoms with Crippen molar-refractivity contribution < 1.29 is 37.7 Å². The van der Waals surface area contributed by atoms with Gasteiger partial charge in [-0.3, -0.25) is 4.79 Å². The van der Waals surface area contributed by atoms with Crippen LogP contribution in [0.25, 0.3) is 10.9 Å². The van der Waals surface area contributed by atoms with Gasteiger partial charge in [-0.25, -0.2) is 9.78 Å². The fourth-order valence-corrected chi connectivity index (χ4v) is 2.65. The highest BCUT2D eigenvalue weighted by Crippen LogP contribution is 2.28. The fourth-order valence-electron chi connectivity index (χ4n) is 2.65. The number of benzene rings is 1. The highest BCUT2D eigenvalue weighted by molar-refractivity contribution is 5.89. The van der Waals surface area contributed by atoms with Crippen LogP contribution in [-0.4, -0.2) is 51.4 Å². The number of nitrogens with zero attached hydrogens (tertiary/aromatic N) is 1. The topological polar surface area (TPSA) is 125 Å². The summed E-state index contributed by atoms with van der Waals surface area (Å²) >= 11 is 0. The number of fused-ring (bicyclic) bond motifs is 1. The van der Waals surface area contributed by atoms with Crippen molar-refractivity contribution in [1.29, 1.82) is 0 Å². The first kappa shape index (κ1) is 24.5. The van der Waals surface area contributed by atoms with Crippen molar-refractivity contribution >= 4 is 28.7 Å². The number of hydrogen-bond donors (Lipinski definition) is 4. The molecule has 2 aromatic heterocycles. The zero-order chi connectivity index (χ0) is 23.7. The van der Waals surface area contributed by atoms with Crippen LogP contribution in [0, 0.1) is 0 Å². The van der Waals surface area contributed by atoms with Crippen molar-refractivity contribution in [3.8, 4) is 5.75 Å². The minimum atomic E-state index is -5.08. The number of pyridine rings is 1. The number of carbonyl (C=O) groups is 2. The number of hydrogen-bond acceptors (Lipinski definition) is 5. The number of carboxylic acids is 2. The van der Waals surface area contributed by atoms with Gasteiger partial charge in [-0.1, -0.05) is 6.07 Å². The van der Waals surface area contributed by atoms with Gasteiger partial charge in [0.25, 0.3) is 0 Å². The quantitative estimate of drug-likeness (QED) is 0.376. The molecule has 172 valence electrons. The molecule has 0 aliphatic heterocycles. The van der Waals surface area contributed by atoms with E-state index in [1.165, 1.54) is 0 Å². The van der Waals surface area contributed by atoms with E-state index in [1.807, 2.05) is 36.4 Å². The Morgan fingerprint density at radius 2 is 1.94 bits per heavy atom. The van der Waals surface area contributed by atoms with Gasteiger partial charge in [0, 0.05) is 35.9 Å². The van der Waals surface area contributed by atoms with Gasteiger partial charge < -0.3 is 25.3 Å². The number of halogens is 3. The van der Waals surface area contributed by atoms with Gasteiger partial charge in [-0.15, -0.1) is 0 Å². The Bertz CT molecular complexity index is 1040. The van der Waals surface area contributed by atoms with Crippen LogP contribution in [0.1, 0.15) is 24.8 Å². The molecule has 0 saturated carbocycles. The predicted molar refractivity (Wildman–Crippen MR) is 111 cm³/mol. The van der Waals surface area contributed by atoms with E-state index in [0.29, 0.717) is 6.61 Å². The predicted octanol–water partition coefficient (Wildman–Crippen LogP) is 4.27. The average molecular weight is 453 g/mol. The molecule has 11 heteroatoms. The summed E-state index contributed by atoms with van der Waals surface area (Å²) in [4.78, 5) is 27.4. The molecule has 1 atom stereocenters. The Hall–Kier alpha value is -3.76.